The van der Waals surface area contributed by atoms with Gasteiger partial charge in [0.2, 0.25) is 0 Å². The molecule has 3 aromatic rings. The lowest BCUT2D eigenvalue weighted by Gasteiger charge is -2.39. The van der Waals surface area contributed by atoms with Crippen molar-refractivity contribution in [3.8, 4) is 5.75 Å². The van der Waals surface area contributed by atoms with E-state index in [1.165, 1.54) is 12.3 Å². The highest BCUT2D eigenvalue weighted by atomic mass is 16.6. The van der Waals surface area contributed by atoms with Crippen LogP contribution in [0.25, 0.3) is 21.9 Å². The first-order valence-electron chi connectivity index (χ1n) is 12.4. The van der Waals surface area contributed by atoms with E-state index in [4.69, 9.17) is 23.0 Å². The summed E-state index contributed by atoms with van der Waals surface area (Å²) < 4.78 is 27.8. The molecule has 0 bridgehead atoms. The summed E-state index contributed by atoms with van der Waals surface area (Å²) in [6.07, 6.45) is -3.65. The van der Waals surface area contributed by atoms with Crippen LogP contribution in [0.15, 0.2) is 55.8 Å². The first kappa shape index (κ1) is 28.2. The Balaban J connectivity index is 1.37. The predicted octanol–water partition coefficient (Wildman–Crippen LogP) is 1.60. The van der Waals surface area contributed by atoms with Gasteiger partial charge in [-0.25, -0.2) is 4.79 Å². The van der Waals surface area contributed by atoms with Gasteiger partial charge in [0.25, 0.3) is 0 Å². The third kappa shape index (κ3) is 6.26. The number of furan rings is 1. The van der Waals surface area contributed by atoms with Crippen LogP contribution < -0.4 is 10.4 Å². The number of allylic oxidation sites excluding steroid dienone is 1. The molecule has 208 valence electrons. The van der Waals surface area contributed by atoms with E-state index in [2.05, 4.69) is 0 Å². The maximum Gasteiger partial charge on any atom is 0.336 e. The van der Waals surface area contributed by atoms with Gasteiger partial charge in [-0.2, -0.15) is 0 Å². The van der Waals surface area contributed by atoms with Gasteiger partial charge in [-0.1, -0.05) is 5.57 Å². The summed E-state index contributed by atoms with van der Waals surface area (Å²) in [6, 6.07) is 6.41. The van der Waals surface area contributed by atoms with E-state index in [-0.39, 0.29) is 13.2 Å². The smallest absolute Gasteiger partial charge is 0.336 e. The first-order valence-corrected chi connectivity index (χ1v) is 12.4. The van der Waals surface area contributed by atoms with E-state index in [1.807, 2.05) is 13.0 Å². The molecule has 5 N–H and O–H groups in total. The molecule has 1 aliphatic heterocycles. The lowest BCUT2D eigenvalue weighted by molar-refractivity contribution is -0.292. The molecule has 1 aromatic carbocycles. The Labute approximate surface area is 218 Å². The van der Waals surface area contributed by atoms with E-state index < -0.39 is 48.0 Å². The zero-order valence-electron chi connectivity index (χ0n) is 21.4. The molecule has 6 unspecified atom stereocenters. The number of benzene rings is 1. The average molecular weight is 535 g/mol. The highest BCUT2D eigenvalue weighted by Crippen LogP contribution is 2.35. The standard InChI is InChI=1S/C27H34O11/c1-14(4-6-20(27(2,3)33)36-13-19-22(29)23(30)24(31)26(32)38-19)8-10-35-25-15-5-7-21(28)37-18(15)12-17-16(25)9-11-34-17/h5,7-9,11-12,19-20,22-24,26,29-33H,4,6,10,13H2,1-3H3. The van der Waals surface area contributed by atoms with Gasteiger partial charge in [0.1, 0.15) is 47.9 Å². The summed E-state index contributed by atoms with van der Waals surface area (Å²) in [5, 5.41) is 51.4. The molecule has 0 aliphatic carbocycles. The Hall–Kier alpha value is -2.77. The monoisotopic (exact) mass is 534 g/mol. The van der Waals surface area contributed by atoms with Gasteiger partial charge in [0.15, 0.2) is 6.29 Å². The summed E-state index contributed by atoms with van der Waals surface area (Å²) in [6.45, 7) is 5.14. The normalized spacial score (nSPS) is 25.7. The van der Waals surface area contributed by atoms with E-state index in [1.54, 1.807) is 32.0 Å². The van der Waals surface area contributed by atoms with Crippen molar-refractivity contribution in [3.05, 3.63) is 52.6 Å². The maximum absolute atomic E-state index is 11.6. The molecule has 1 saturated heterocycles. The Morgan fingerprint density at radius 2 is 1.82 bits per heavy atom. The number of hydrogen-bond acceptors (Lipinski definition) is 11. The first-order chi connectivity index (χ1) is 18.0. The van der Waals surface area contributed by atoms with Crippen molar-refractivity contribution in [2.24, 2.45) is 0 Å². The second-order valence-electron chi connectivity index (χ2n) is 10.1. The van der Waals surface area contributed by atoms with Crippen molar-refractivity contribution < 1.29 is 48.6 Å². The molecule has 4 rings (SSSR count). The van der Waals surface area contributed by atoms with Crippen molar-refractivity contribution in [3.63, 3.8) is 0 Å². The summed E-state index contributed by atoms with van der Waals surface area (Å²) in [5.74, 6) is 0.539. The van der Waals surface area contributed by atoms with Crippen LogP contribution in [0, 0.1) is 0 Å². The number of hydrogen-bond donors (Lipinski definition) is 5. The van der Waals surface area contributed by atoms with E-state index in [0.29, 0.717) is 35.1 Å². The van der Waals surface area contributed by atoms with Gasteiger partial charge in [-0.05, 0) is 51.8 Å². The number of fused-ring (bicyclic) bond motifs is 2. The van der Waals surface area contributed by atoms with Crippen molar-refractivity contribution in [1.82, 2.24) is 0 Å². The van der Waals surface area contributed by atoms with Gasteiger partial charge in [0, 0.05) is 12.1 Å². The van der Waals surface area contributed by atoms with Crippen LogP contribution >= 0.6 is 0 Å². The van der Waals surface area contributed by atoms with Crippen LogP contribution in [0.5, 0.6) is 5.75 Å². The lowest BCUT2D eigenvalue weighted by Crippen LogP contribution is -2.59. The molecule has 0 saturated carbocycles. The average Bonchev–Trinajstić information content (AvgIpc) is 3.32. The summed E-state index contributed by atoms with van der Waals surface area (Å²) >= 11 is 0. The molecule has 0 spiro atoms. The largest absolute Gasteiger partial charge is 0.488 e. The second kappa shape index (κ2) is 11.5. The molecule has 11 heteroatoms. The Kier molecular flexibility index (Phi) is 8.58. The van der Waals surface area contributed by atoms with Crippen LogP contribution in [-0.2, 0) is 9.47 Å². The topological polar surface area (TPSA) is 172 Å². The zero-order chi connectivity index (χ0) is 27.6. The molecule has 1 aliphatic rings. The summed E-state index contributed by atoms with van der Waals surface area (Å²) in [4.78, 5) is 11.6. The fourth-order valence-corrected chi connectivity index (χ4v) is 4.41. The van der Waals surface area contributed by atoms with Crippen LogP contribution in [0.1, 0.15) is 33.6 Å². The second-order valence-corrected chi connectivity index (χ2v) is 10.1. The molecular weight excluding hydrogens is 500 g/mol. The minimum absolute atomic E-state index is 0.208. The van der Waals surface area contributed by atoms with Crippen LogP contribution in [0.2, 0.25) is 0 Å². The molecule has 1 fully saturated rings. The number of aliphatic hydroxyl groups is 5. The summed E-state index contributed by atoms with van der Waals surface area (Å²) in [7, 11) is 0. The predicted molar refractivity (Wildman–Crippen MR) is 136 cm³/mol. The molecule has 11 nitrogen and oxygen atoms in total. The van der Waals surface area contributed by atoms with Gasteiger partial charge < -0.3 is 48.6 Å². The Morgan fingerprint density at radius 1 is 1.08 bits per heavy atom. The molecule has 0 radical (unpaired) electrons. The third-order valence-corrected chi connectivity index (χ3v) is 6.71. The molecule has 6 atom stereocenters. The van der Waals surface area contributed by atoms with E-state index in [9.17, 15) is 30.3 Å². The van der Waals surface area contributed by atoms with Crippen molar-refractivity contribution in [1.29, 1.82) is 0 Å². The summed E-state index contributed by atoms with van der Waals surface area (Å²) in [5.41, 5.74) is 0.174. The highest BCUT2D eigenvalue weighted by Gasteiger charge is 2.43. The minimum atomic E-state index is -1.66. The van der Waals surface area contributed by atoms with Crippen LogP contribution in [0.3, 0.4) is 0 Å². The van der Waals surface area contributed by atoms with Gasteiger partial charge in [-0.3, -0.25) is 0 Å². The minimum Gasteiger partial charge on any atom is -0.488 e. The fraction of sp³-hybridized carbons (Fsp3) is 0.519. The molecule has 0 amide bonds. The SMILES string of the molecule is CC(=CCOc1c2ccoc2cc2oc(=O)ccc12)CCC(OCC1OC(O)C(O)C(O)C1O)C(C)(C)O. The molecule has 3 heterocycles. The van der Waals surface area contributed by atoms with Crippen molar-refractivity contribution >= 4 is 21.9 Å². The Morgan fingerprint density at radius 3 is 2.55 bits per heavy atom. The van der Waals surface area contributed by atoms with E-state index in [0.717, 1.165) is 11.0 Å². The molecule has 2 aromatic heterocycles. The fourth-order valence-electron chi connectivity index (χ4n) is 4.41. The third-order valence-electron chi connectivity index (χ3n) is 6.71. The number of aliphatic hydroxyl groups excluding tert-OH is 4. The highest BCUT2D eigenvalue weighted by molar-refractivity contribution is 6.01. The molecular formula is C27H34O11. The lowest BCUT2D eigenvalue weighted by atomic mass is 9.95. The van der Waals surface area contributed by atoms with Gasteiger partial charge in [-0.15, -0.1) is 0 Å². The van der Waals surface area contributed by atoms with Crippen molar-refractivity contribution in [2.45, 2.75) is 76.0 Å². The van der Waals surface area contributed by atoms with Crippen molar-refractivity contribution in [2.75, 3.05) is 13.2 Å². The molecule has 38 heavy (non-hydrogen) atoms. The zero-order valence-corrected chi connectivity index (χ0v) is 21.4. The van der Waals surface area contributed by atoms with Gasteiger partial charge >= 0.3 is 5.63 Å². The maximum atomic E-state index is 11.6. The van der Waals surface area contributed by atoms with Crippen LogP contribution in [-0.4, -0.2) is 81.2 Å². The number of ether oxygens (including phenoxy) is 3. The quantitative estimate of drug-likeness (QED) is 0.189. The van der Waals surface area contributed by atoms with Crippen LogP contribution in [0.4, 0.5) is 0 Å². The Bertz CT molecular complexity index is 1320. The van der Waals surface area contributed by atoms with Gasteiger partial charge in [0.05, 0.1) is 35.3 Å². The van der Waals surface area contributed by atoms with E-state index >= 15 is 0 Å². The number of rotatable bonds is 10.